The van der Waals surface area contributed by atoms with Crippen molar-refractivity contribution in [2.24, 2.45) is 18.9 Å². The van der Waals surface area contributed by atoms with Crippen molar-refractivity contribution in [1.82, 2.24) is 14.4 Å². The van der Waals surface area contributed by atoms with E-state index in [1.165, 1.54) is 25.7 Å². The van der Waals surface area contributed by atoms with Gasteiger partial charge in [-0.25, -0.2) is 9.59 Å². The number of aromatic nitrogens is 1. The van der Waals surface area contributed by atoms with Crippen LogP contribution in [0.3, 0.4) is 0 Å². The van der Waals surface area contributed by atoms with Crippen LogP contribution in [0.15, 0.2) is 36.4 Å². The average molecular weight is 520 g/mol. The maximum atomic E-state index is 12.9. The van der Waals surface area contributed by atoms with Crippen LogP contribution in [0.5, 0.6) is 0 Å². The Hall–Kier alpha value is -2.90. The van der Waals surface area contributed by atoms with Gasteiger partial charge in [-0.1, -0.05) is 0 Å². The molecular formula is C31H41N3O4. The Morgan fingerprint density at radius 1 is 0.684 bits per heavy atom. The molecule has 1 aromatic heterocycles. The molecule has 3 aromatic rings. The van der Waals surface area contributed by atoms with Crippen LogP contribution in [0.25, 0.3) is 21.8 Å². The van der Waals surface area contributed by atoms with Crippen molar-refractivity contribution < 1.29 is 19.1 Å². The Labute approximate surface area is 225 Å². The second-order valence-corrected chi connectivity index (χ2v) is 11.4. The first kappa shape index (κ1) is 26.7. The van der Waals surface area contributed by atoms with Crippen LogP contribution in [-0.2, 0) is 16.5 Å². The zero-order valence-corrected chi connectivity index (χ0v) is 23.1. The molecule has 7 nitrogen and oxygen atoms in total. The predicted octanol–water partition coefficient (Wildman–Crippen LogP) is 5.11. The van der Waals surface area contributed by atoms with E-state index < -0.39 is 0 Å². The number of hydrogen-bond acceptors (Lipinski definition) is 6. The summed E-state index contributed by atoms with van der Waals surface area (Å²) in [6.45, 7) is 5.37. The first-order chi connectivity index (χ1) is 18.4. The van der Waals surface area contributed by atoms with E-state index in [1.807, 2.05) is 43.4 Å². The van der Waals surface area contributed by atoms with Crippen molar-refractivity contribution >= 4 is 33.7 Å². The minimum Gasteiger partial charge on any atom is -0.462 e. The number of hydrogen-bond donors (Lipinski definition) is 0. The van der Waals surface area contributed by atoms with Crippen LogP contribution in [-0.4, -0.2) is 79.8 Å². The lowest BCUT2D eigenvalue weighted by Gasteiger charge is -2.28. The zero-order chi connectivity index (χ0) is 26.6. The van der Waals surface area contributed by atoms with Crippen LogP contribution in [0.4, 0.5) is 0 Å². The first-order valence-electron chi connectivity index (χ1n) is 14.1. The van der Waals surface area contributed by atoms with Crippen molar-refractivity contribution in [2.75, 3.05) is 53.5 Å². The van der Waals surface area contributed by atoms with Crippen LogP contribution in [0.2, 0.25) is 0 Å². The highest BCUT2D eigenvalue weighted by Crippen LogP contribution is 2.30. The average Bonchev–Trinajstić information content (AvgIpc) is 3.21. The van der Waals surface area contributed by atoms with E-state index in [9.17, 15) is 9.59 Å². The molecule has 2 aliphatic heterocycles. The minimum absolute atomic E-state index is 0.290. The third-order valence-electron chi connectivity index (χ3n) is 8.67. The number of benzene rings is 2. The fourth-order valence-electron chi connectivity index (χ4n) is 5.98. The molecule has 0 unspecified atom stereocenters. The molecule has 7 heteroatoms. The third kappa shape index (κ3) is 6.05. The van der Waals surface area contributed by atoms with Crippen molar-refractivity contribution in [3.8, 4) is 0 Å². The summed E-state index contributed by atoms with van der Waals surface area (Å²) in [7, 11) is 6.31. The molecular weight excluding hydrogens is 478 g/mol. The van der Waals surface area contributed by atoms with E-state index in [-0.39, 0.29) is 11.9 Å². The van der Waals surface area contributed by atoms with Gasteiger partial charge in [-0.2, -0.15) is 0 Å². The van der Waals surface area contributed by atoms with Gasteiger partial charge in [0, 0.05) is 28.9 Å². The van der Waals surface area contributed by atoms with Gasteiger partial charge in [-0.3, -0.25) is 0 Å². The van der Waals surface area contributed by atoms with E-state index in [1.54, 1.807) is 0 Å². The first-order valence-corrected chi connectivity index (χ1v) is 14.1. The number of carbonyl (C=O) groups excluding carboxylic acids is 2. The van der Waals surface area contributed by atoms with Crippen molar-refractivity contribution in [3.05, 3.63) is 47.5 Å². The number of esters is 2. The van der Waals surface area contributed by atoms with E-state index in [0.717, 1.165) is 60.8 Å². The fourth-order valence-corrected chi connectivity index (χ4v) is 5.98. The summed E-state index contributed by atoms with van der Waals surface area (Å²) >= 11 is 0. The highest BCUT2D eigenvalue weighted by atomic mass is 16.5. The van der Waals surface area contributed by atoms with Gasteiger partial charge >= 0.3 is 11.9 Å². The molecule has 2 aliphatic rings. The quantitative estimate of drug-likeness (QED) is 0.386. The normalized spacial score (nSPS) is 18.3. The molecule has 38 heavy (non-hydrogen) atoms. The molecule has 2 fully saturated rings. The molecule has 2 saturated heterocycles. The lowest BCUT2D eigenvalue weighted by Crippen LogP contribution is -2.30. The summed E-state index contributed by atoms with van der Waals surface area (Å²) in [6, 6.07) is 11.4. The van der Waals surface area contributed by atoms with Crippen molar-refractivity contribution in [2.45, 2.75) is 38.5 Å². The highest BCUT2D eigenvalue weighted by molar-refractivity contribution is 6.11. The Balaban J connectivity index is 1.24. The lowest BCUT2D eigenvalue weighted by molar-refractivity contribution is 0.0458. The molecule has 0 atom stereocenters. The van der Waals surface area contributed by atoms with E-state index in [0.29, 0.717) is 36.2 Å². The Bertz CT molecular complexity index is 1190. The topological polar surface area (TPSA) is 64.0 Å². The van der Waals surface area contributed by atoms with Crippen molar-refractivity contribution in [1.29, 1.82) is 0 Å². The monoisotopic (exact) mass is 519 g/mol. The molecule has 5 rings (SSSR count). The molecule has 0 N–H and O–H groups in total. The maximum Gasteiger partial charge on any atom is 0.338 e. The Kier molecular flexibility index (Phi) is 8.34. The summed E-state index contributed by atoms with van der Waals surface area (Å²) in [5, 5.41) is 1.88. The SMILES string of the molecule is CN1CCC(CCOC(=O)c2ccc3c(c2)c2cc(C(=O)OCCC4CCN(C)CC4)ccc2n3C)CC1. The number of carbonyl (C=O) groups is 2. The summed E-state index contributed by atoms with van der Waals surface area (Å²) in [5.41, 5.74) is 3.10. The molecule has 0 saturated carbocycles. The molecule has 0 radical (unpaired) electrons. The number of nitrogens with zero attached hydrogens (tertiary/aromatic N) is 3. The van der Waals surface area contributed by atoms with Gasteiger partial charge < -0.3 is 23.8 Å². The van der Waals surface area contributed by atoms with Crippen LogP contribution in [0.1, 0.15) is 59.2 Å². The van der Waals surface area contributed by atoms with Gasteiger partial charge in [0.1, 0.15) is 0 Å². The van der Waals surface area contributed by atoms with Gasteiger partial charge in [0.05, 0.1) is 24.3 Å². The van der Waals surface area contributed by atoms with E-state index >= 15 is 0 Å². The molecule has 0 spiro atoms. The van der Waals surface area contributed by atoms with Gasteiger partial charge in [0.25, 0.3) is 0 Å². The standard InChI is InChI=1S/C31H41N3O4/c1-32-14-8-22(9-15-32)12-18-37-30(35)24-4-6-28-26(20-24)27-21-25(5-7-29(27)34(28)3)31(36)38-19-13-23-10-16-33(2)17-11-23/h4-7,20-23H,8-19H2,1-3H3. The molecule has 0 bridgehead atoms. The minimum atomic E-state index is -0.290. The summed E-state index contributed by atoms with van der Waals surface area (Å²) in [6.07, 6.45) is 6.49. The number of rotatable bonds is 8. The van der Waals surface area contributed by atoms with Crippen molar-refractivity contribution in [3.63, 3.8) is 0 Å². The molecule has 2 aromatic carbocycles. The number of ether oxygens (including phenoxy) is 2. The van der Waals surface area contributed by atoms with Crippen LogP contribution in [0, 0.1) is 11.8 Å². The maximum absolute atomic E-state index is 12.9. The molecule has 0 amide bonds. The van der Waals surface area contributed by atoms with Gasteiger partial charge in [0.15, 0.2) is 0 Å². The van der Waals surface area contributed by atoms with Crippen LogP contribution < -0.4 is 0 Å². The zero-order valence-electron chi connectivity index (χ0n) is 23.1. The molecule has 204 valence electrons. The Morgan fingerprint density at radius 2 is 1.08 bits per heavy atom. The third-order valence-corrected chi connectivity index (χ3v) is 8.67. The second kappa shape index (κ2) is 11.9. The van der Waals surface area contributed by atoms with E-state index in [4.69, 9.17) is 9.47 Å². The molecule has 0 aliphatic carbocycles. The molecule has 3 heterocycles. The Morgan fingerprint density at radius 3 is 1.47 bits per heavy atom. The van der Waals surface area contributed by atoms with Gasteiger partial charge in [-0.15, -0.1) is 0 Å². The fraction of sp³-hybridized carbons (Fsp3) is 0.548. The highest BCUT2D eigenvalue weighted by Gasteiger charge is 2.20. The summed E-state index contributed by atoms with van der Waals surface area (Å²) < 4.78 is 13.4. The number of aryl methyl sites for hydroxylation is 1. The van der Waals surface area contributed by atoms with E-state index in [2.05, 4.69) is 28.5 Å². The second-order valence-electron chi connectivity index (χ2n) is 11.4. The number of piperidine rings is 2. The smallest absolute Gasteiger partial charge is 0.338 e. The summed E-state index contributed by atoms with van der Waals surface area (Å²) in [4.78, 5) is 30.4. The largest absolute Gasteiger partial charge is 0.462 e. The number of fused-ring (bicyclic) bond motifs is 3. The van der Waals surface area contributed by atoms with Crippen LogP contribution >= 0.6 is 0 Å². The predicted molar refractivity (Wildman–Crippen MR) is 151 cm³/mol. The van der Waals surface area contributed by atoms with Gasteiger partial charge in [-0.05, 0) is 127 Å². The number of likely N-dealkylation sites (tertiary alicyclic amines) is 2. The van der Waals surface area contributed by atoms with Gasteiger partial charge in [0.2, 0.25) is 0 Å². The summed E-state index contributed by atoms with van der Waals surface area (Å²) in [5.74, 6) is 0.673. The lowest BCUT2D eigenvalue weighted by atomic mass is 9.94.